The Morgan fingerprint density at radius 1 is 1.41 bits per heavy atom. The quantitative estimate of drug-likeness (QED) is 0.513. The monoisotopic (exact) mass is 237 g/mol. The van der Waals surface area contributed by atoms with E-state index in [1.54, 1.807) is 13.3 Å². The molecule has 0 aromatic heterocycles. The lowest BCUT2D eigenvalue weighted by Gasteiger charge is -2.19. The number of nitrogens with zero attached hydrogens (tertiary/aromatic N) is 3. The number of nitrogens with one attached hydrogen (secondary N) is 2. The molecule has 1 fully saturated rings. The summed E-state index contributed by atoms with van der Waals surface area (Å²) in [6.45, 7) is 5.07. The van der Waals surface area contributed by atoms with Crippen molar-refractivity contribution in [3.8, 4) is 0 Å². The SMILES string of the molecule is CCNC(/N=C/N1CCCC1)[C@H](C=N)C=NC. The molecule has 0 spiro atoms. The van der Waals surface area contributed by atoms with E-state index in [-0.39, 0.29) is 12.1 Å². The highest BCUT2D eigenvalue weighted by Gasteiger charge is 2.16. The minimum atomic E-state index is -0.0817. The topological polar surface area (TPSA) is 63.8 Å². The van der Waals surface area contributed by atoms with Gasteiger partial charge in [-0.05, 0) is 19.4 Å². The van der Waals surface area contributed by atoms with Crippen molar-refractivity contribution in [1.82, 2.24) is 10.2 Å². The van der Waals surface area contributed by atoms with Gasteiger partial charge in [-0.15, -0.1) is 0 Å². The van der Waals surface area contributed by atoms with Gasteiger partial charge in [0.1, 0.15) is 6.17 Å². The van der Waals surface area contributed by atoms with Gasteiger partial charge in [-0.2, -0.15) is 0 Å². The van der Waals surface area contributed by atoms with Crippen LogP contribution in [-0.2, 0) is 0 Å². The molecule has 1 unspecified atom stereocenters. The van der Waals surface area contributed by atoms with Crippen LogP contribution in [0.5, 0.6) is 0 Å². The van der Waals surface area contributed by atoms with Gasteiger partial charge in [0.15, 0.2) is 0 Å². The van der Waals surface area contributed by atoms with Gasteiger partial charge in [0.25, 0.3) is 0 Å². The largest absolute Gasteiger partial charge is 0.363 e. The minimum Gasteiger partial charge on any atom is -0.363 e. The van der Waals surface area contributed by atoms with Gasteiger partial charge in [-0.25, -0.2) is 0 Å². The predicted octanol–water partition coefficient (Wildman–Crippen LogP) is 1.01. The van der Waals surface area contributed by atoms with Crippen LogP contribution in [0.1, 0.15) is 19.8 Å². The van der Waals surface area contributed by atoms with E-state index in [1.807, 2.05) is 13.3 Å². The van der Waals surface area contributed by atoms with E-state index >= 15 is 0 Å². The zero-order valence-corrected chi connectivity index (χ0v) is 10.8. The fourth-order valence-electron chi connectivity index (χ4n) is 1.91. The van der Waals surface area contributed by atoms with Crippen molar-refractivity contribution in [2.75, 3.05) is 26.7 Å². The van der Waals surface area contributed by atoms with Crippen LogP contribution in [0.2, 0.25) is 0 Å². The molecule has 0 amide bonds. The fraction of sp³-hybridized carbons (Fsp3) is 0.750. The van der Waals surface area contributed by atoms with Crippen LogP contribution in [-0.4, -0.2) is 56.5 Å². The van der Waals surface area contributed by atoms with Gasteiger partial charge in [0, 0.05) is 32.6 Å². The summed E-state index contributed by atoms with van der Waals surface area (Å²) in [7, 11) is 1.73. The van der Waals surface area contributed by atoms with E-state index in [9.17, 15) is 0 Å². The maximum Gasteiger partial charge on any atom is 0.114 e. The third-order valence-corrected chi connectivity index (χ3v) is 2.82. The number of hydrogen-bond acceptors (Lipinski definition) is 4. The normalized spacial score (nSPS) is 20.2. The molecule has 5 heteroatoms. The van der Waals surface area contributed by atoms with E-state index in [1.165, 1.54) is 19.1 Å². The maximum absolute atomic E-state index is 7.42. The Morgan fingerprint density at radius 2 is 2.12 bits per heavy atom. The summed E-state index contributed by atoms with van der Waals surface area (Å²) in [5, 5.41) is 10.7. The molecule has 0 saturated carbocycles. The van der Waals surface area contributed by atoms with E-state index < -0.39 is 0 Å². The van der Waals surface area contributed by atoms with Crippen LogP contribution < -0.4 is 5.32 Å². The Kier molecular flexibility index (Phi) is 6.47. The summed E-state index contributed by atoms with van der Waals surface area (Å²) in [6, 6.07) is 0. The molecule has 1 aliphatic heterocycles. The first-order valence-corrected chi connectivity index (χ1v) is 6.25. The summed E-state index contributed by atoms with van der Waals surface area (Å²) >= 11 is 0. The van der Waals surface area contributed by atoms with Gasteiger partial charge in [0.05, 0.1) is 12.3 Å². The summed E-state index contributed by atoms with van der Waals surface area (Å²) in [5.74, 6) is -0.0706. The fourth-order valence-corrected chi connectivity index (χ4v) is 1.91. The summed E-state index contributed by atoms with van der Waals surface area (Å²) in [6.07, 6.45) is 7.50. The van der Waals surface area contributed by atoms with Gasteiger partial charge in [0.2, 0.25) is 0 Å². The van der Waals surface area contributed by atoms with Gasteiger partial charge < -0.3 is 15.3 Å². The smallest absolute Gasteiger partial charge is 0.114 e. The van der Waals surface area contributed by atoms with Crippen LogP contribution in [0.4, 0.5) is 0 Å². The van der Waals surface area contributed by atoms with Crippen molar-refractivity contribution in [2.24, 2.45) is 15.9 Å². The molecule has 0 aliphatic carbocycles. The number of rotatable bonds is 7. The van der Waals surface area contributed by atoms with Crippen LogP contribution in [0, 0.1) is 11.3 Å². The lowest BCUT2D eigenvalue weighted by atomic mass is 10.1. The highest BCUT2D eigenvalue weighted by molar-refractivity contribution is 5.83. The third-order valence-electron chi connectivity index (χ3n) is 2.82. The Morgan fingerprint density at radius 3 is 2.65 bits per heavy atom. The lowest BCUT2D eigenvalue weighted by Crippen LogP contribution is -2.37. The predicted molar refractivity (Wildman–Crippen MR) is 73.5 cm³/mol. The second-order valence-corrected chi connectivity index (χ2v) is 4.16. The first kappa shape index (κ1) is 13.8. The molecule has 96 valence electrons. The molecule has 0 bridgehead atoms. The molecule has 1 aliphatic rings. The molecule has 2 atom stereocenters. The zero-order valence-electron chi connectivity index (χ0n) is 10.8. The van der Waals surface area contributed by atoms with Crippen LogP contribution in [0.15, 0.2) is 9.98 Å². The molecular weight excluding hydrogens is 214 g/mol. The molecule has 1 heterocycles. The van der Waals surface area contributed by atoms with Crippen LogP contribution in [0.25, 0.3) is 0 Å². The molecule has 1 saturated heterocycles. The average Bonchev–Trinajstić information content (AvgIpc) is 2.85. The Bertz CT molecular complexity index is 268. The summed E-state index contributed by atoms with van der Waals surface area (Å²) in [5.41, 5.74) is 0. The zero-order chi connectivity index (χ0) is 12.5. The second-order valence-electron chi connectivity index (χ2n) is 4.16. The highest BCUT2D eigenvalue weighted by Crippen LogP contribution is 2.06. The molecule has 17 heavy (non-hydrogen) atoms. The van der Waals surface area contributed by atoms with Crippen LogP contribution in [0.3, 0.4) is 0 Å². The Hall–Kier alpha value is -1.23. The van der Waals surface area contributed by atoms with Crippen molar-refractivity contribution >= 4 is 18.8 Å². The number of hydrogen-bond donors (Lipinski definition) is 2. The number of aliphatic imine (C=N–C) groups is 2. The van der Waals surface area contributed by atoms with Crippen molar-refractivity contribution in [2.45, 2.75) is 25.9 Å². The molecule has 1 rings (SSSR count). The van der Waals surface area contributed by atoms with Gasteiger partial charge >= 0.3 is 0 Å². The van der Waals surface area contributed by atoms with E-state index in [0.29, 0.717) is 0 Å². The van der Waals surface area contributed by atoms with Crippen molar-refractivity contribution in [1.29, 1.82) is 5.41 Å². The lowest BCUT2D eigenvalue weighted by molar-refractivity contribution is 0.495. The first-order valence-electron chi connectivity index (χ1n) is 6.25. The van der Waals surface area contributed by atoms with E-state index in [0.717, 1.165) is 19.6 Å². The molecule has 0 radical (unpaired) electrons. The summed E-state index contributed by atoms with van der Waals surface area (Å²) < 4.78 is 0. The first-order chi connectivity index (χ1) is 8.31. The molecule has 0 aromatic carbocycles. The standard InChI is InChI=1S/C12H23N5/c1-3-15-12(11(8-13)9-14-2)16-10-17-6-4-5-7-17/h8-13,15H,3-7H2,1-2H3/b13-8?,14-9?,16-10+/t11-,12?/m1/s1. The van der Waals surface area contributed by atoms with E-state index in [2.05, 4.69) is 20.2 Å². The molecule has 5 nitrogen and oxygen atoms in total. The minimum absolute atomic E-state index is 0.0706. The number of likely N-dealkylation sites (tertiary alicyclic amines) is 1. The molecule has 2 N–H and O–H groups in total. The van der Waals surface area contributed by atoms with Crippen molar-refractivity contribution in [3.63, 3.8) is 0 Å². The average molecular weight is 237 g/mol. The van der Waals surface area contributed by atoms with Gasteiger partial charge in [-0.3, -0.25) is 10.3 Å². The highest BCUT2D eigenvalue weighted by atomic mass is 15.2. The van der Waals surface area contributed by atoms with Gasteiger partial charge in [-0.1, -0.05) is 6.92 Å². The van der Waals surface area contributed by atoms with Crippen molar-refractivity contribution < 1.29 is 0 Å². The van der Waals surface area contributed by atoms with Crippen molar-refractivity contribution in [3.05, 3.63) is 0 Å². The van der Waals surface area contributed by atoms with E-state index in [4.69, 9.17) is 5.41 Å². The third kappa shape index (κ3) is 4.65. The molecule has 0 aromatic rings. The molecular formula is C12H23N5. The summed E-state index contributed by atoms with van der Waals surface area (Å²) in [4.78, 5) is 10.7. The maximum atomic E-state index is 7.42. The second kappa shape index (κ2) is 7.95. The Labute approximate surface area is 104 Å². The van der Waals surface area contributed by atoms with Crippen LogP contribution >= 0.6 is 0 Å². The Balaban J connectivity index is 2.59.